The Morgan fingerprint density at radius 2 is 2.09 bits per heavy atom. The molecule has 3 heterocycles. The van der Waals surface area contributed by atoms with Gasteiger partial charge in [0.25, 0.3) is 0 Å². The predicted molar refractivity (Wildman–Crippen MR) is 86.7 cm³/mol. The highest BCUT2D eigenvalue weighted by Gasteiger charge is 2.24. The zero-order valence-corrected chi connectivity index (χ0v) is 13.1. The topological polar surface area (TPSA) is 59.6 Å². The van der Waals surface area contributed by atoms with E-state index in [2.05, 4.69) is 21.4 Å². The lowest BCUT2D eigenvalue weighted by atomic mass is 9.94. The molecule has 0 radical (unpaired) electrons. The van der Waals surface area contributed by atoms with Crippen LogP contribution in [0, 0.1) is 5.92 Å². The fourth-order valence-corrected chi connectivity index (χ4v) is 3.54. The van der Waals surface area contributed by atoms with Gasteiger partial charge in [0.2, 0.25) is 5.43 Å². The van der Waals surface area contributed by atoms with Crippen molar-refractivity contribution in [2.45, 2.75) is 32.2 Å². The largest absolute Gasteiger partial charge is 0.503 e. The summed E-state index contributed by atoms with van der Waals surface area (Å²) < 4.78 is 0. The molecule has 1 aromatic heterocycles. The molecule has 120 valence electrons. The average molecular weight is 303 g/mol. The number of nitrogens with one attached hydrogen (secondary N) is 1. The fraction of sp³-hybridized carbons (Fsp3) is 0.588. The molecule has 2 aliphatic heterocycles. The number of hydrogen-bond acceptors (Lipinski definition) is 4. The van der Waals surface area contributed by atoms with Crippen molar-refractivity contribution in [3.05, 3.63) is 40.5 Å². The monoisotopic (exact) mass is 303 g/mol. The van der Waals surface area contributed by atoms with Crippen molar-refractivity contribution in [2.75, 3.05) is 26.2 Å². The molecule has 0 aromatic carbocycles. The van der Waals surface area contributed by atoms with Gasteiger partial charge in [-0.15, -0.1) is 0 Å². The molecule has 1 atom stereocenters. The molecule has 2 N–H and O–H groups in total. The van der Waals surface area contributed by atoms with Crippen LogP contribution < -0.4 is 5.43 Å². The summed E-state index contributed by atoms with van der Waals surface area (Å²) in [5.41, 5.74) is 1.65. The zero-order valence-electron chi connectivity index (χ0n) is 13.1. The van der Waals surface area contributed by atoms with Crippen molar-refractivity contribution < 1.29 is 5.11 Å². The van der Waals surface area contributed by atoms with E-state index in [0.29, 0.717) is 12.5 Å². The first-order chi connectivity index (χ1) is 10.6. The SMILES string of the molecule is C=C1CC(CN2CCCC2)CCN1Cc1cc(=O)c(O)c[nH]1. The Morgan fingerprint density at radius 3 is 2.77 bits per heavy atom. The normalized spacial score (nSPS) is 23.2. The van der Waals surface area contributed by atoms with Crippen molar-refractivity contribution in [3.8, 4) is 5.75 Å². The third-order valence-electron chi connectivity index (χ3n) is 4.81. The standard InChI is InChI=1S/C17H25N3O2/c1-13-8-14(11-19-5-2-3-6-19)4-7-20(13)12-15-9-16(21)17(22)10-18-15/h9-10,14,22H,1-8,11-12H2,(H,18,21). The van der Waals surface area contributed by atoms with E-state index in [1.165, 1.54) is 51.2 Å². The summed E-state index contributed by atoms with van der Waals surface area (Å²) in [5.74, 6) is 0.479. The number of rotatable bonds is 4. The number of likely N-dealkylation sites (tertiary alicyclic amines) is 2. The van der Waals surface area contributed by atoms with E-state index < -0.39 is 0 Å². The number of nitrogens with zero attached hydrogens (tertiary/aromatic N) is 2. The van der Waals surface area contributed by atoms with Crippen LogP contribution in [0.5, 0.6) is 5.75 Å². The Labute approximate surface area is 131 Å². The number of allylic oxidation sites excluding steroid dienone is 1. The van der Waals surface area contributed by atoms with E-state index in [-0.39, 0.29) is 11.2 Å². The fourth-order valence-electron chi connectivity index (χ4n) is 3.54. The van der Waals surface area contributed by atoms with Gasteiger partial charge in [-0.2, -0.15) is 0 Å². The van der Waals surface area contributed by atoms with Gasteiger partial charge in [-0.05, 0) is 44.7 Å². The van der Waals surface area contributed by atoms with Gasteiger partial charge >= 0.3 is 0 Å². The molecule has 2 aliphatic rings. The molecule has 0 bridgehead atoms. The lowest BCUT2D eigenvalue weighted by Gasteiger charge is -2.36. The Hall–Kier alpha value is -1.75. The smallest absolute Gasteiger partial charge is 0.223 e. The van der Waals surface area contributed by atoms with Crippen LogP contribution in [-0.2, 0) is 6.54 Å². The van der Waals surface area contributed by atoms with Crippen molar-refractivity contribution in [1.29, 1.82) is 0 Å². The van der Waals surface area contributed by atoms with Gasteiger partial charge in [0.15, 0.2) is 5.75 Å². The summed E-state index contributed by atoms with van der Waals surface area (Å²) in [7, 11) is 0. The van der Waals surface area contributed by atoms with E-state index in [1.807, 2.05) is 0 Å². The Kier molecular flexibility index (Phi) is 4.52. The molecule has 5 nitrogen and oxygen atoms in total. The second-order valence-corrected chi connectivity index (χ2v) is 6.56. The quantitative estimate of drug-likeness (QED) is 0.892. The van der Waals surface area contributed by atoms with Gasteiger partial charge in [-0.1, -0.05) is 6.58 Å². The molecule has 2 fully saturated rings. The van der Waals surface area contributed by atoms with Gasteiger partial charge < -0.3 is 19.9 Å². The number of hydrogen-bond donors (Lipinski definition) is 2. The average Bonchev–Trinajstić information content (AvgIpc) is 2.99. The maximum atomic E-state index is 11.5. The van der Waals surface area contributed by atoms with Crippen LogP contribution in [0.4, 0.5) is 0 Å². The number of H-pyrrole nitrogens is 1. The number of aromatic nitrogens is 1. The van der Waals surface area contributed by atoms with Crippen LogP contribution in [0.1, 0.15) is 31.4 Å². The van der Waals surface area contributed by atoms with Gasteiger partial charge in [-0.25, -0.2) is 0 Å². The lowest BCUT2D eigenvalue weighted by Crippen LogP contribution is -2.36. The van der Waals surface area contributed by atoms with Gasteiger partial charge in [0.1, 0.15) is 0 Å². The second kappa shape index (κ2) is 6.57. The zero-order chi connectivity index (χ0) is 15.5. The lowest BCUT2D eigenvalue weighted by molar-refractivity contribution is 0.189. The molecule has 0 amide bonds. The maximum Gasteiger partial charge on any atom is 0.223 e. The molecule has 0 saturated carbocycles. The molecule has 0 spiro atoms. The summed E-state index contributed by atoms with van der Waals surface area (Å²) in [6.07, 6.45) is 6.26. The van der Waals surface area contributed by atoms with Gasteiger partial charge in [0.05, 0.1) is 6.54 Å². The van der Waals surface area contributed by atoms with Crippen LogP contribution >= 0.6 is 0 Å². The molecule has 2 saturated heterocycles. The summed E-state index contributed by atoms with van der Waals surface area (Å²) >= 11 is 0. The Morgan fingerprint density at radius 1 is 1.32 bits per heavy atom. The number of aromatic amines is 1. The minimum Gasteiger partial charge on any atom is -0.503 e. The summed E-state index contributed by atoms with van der Waals surface area (Å²) in [6.45, 7) is 9.57. The maximum absolute atomic E-state index is 11.5. The molecule has 1 unspecified atom stereocenters. The predicted octanol–water partition coefficient (Wildman–Crippen LogP) is 1.90. The molecular formula is C17H25N3O2. The van der Waals surface area contributed by atoms with E-state index in [4.69, 9.17) is 0 Å². The van der Waals surface area contributed by atoms with E-state index in [1.54, 1.807) is 0 Å². The highest BCUT2D eigenvalue weighted by molar-refractivity contribution is 5.19. The highest BCUT2D eigenvalue weighted by Crippen LogP contribution is 2.27. The summed E-state index contributed by atoms with van der Waals surface area (Å²) in [4.78, 5) is 19.3. The van der Waals surface area contributed by atoms with Crippen molar-refractivity contribution in [3.63, 3.8) is 0 Å². The molecule has 0 aliphatic carbocycles. The van der Waals surface area contributed by atoms with E-state index in [9.17, 15) is 9.90 Å². The second-order valence-electron chi connectivity index (χ2n) is 6.56. The Balaban J connectivity index is 1.54. The minimum absolute atomic E-state index is 0.230. The number of pyridine rings is 1. The third kappa shape index (κ3) is 3.53. The van der Waals surface area contributed by atoms with Crippen LogP contribution in [0.15, 0.2) is 29.3 Å². The van der Waals surface area contributed by atoms with Gasteiger partial charge in [-0.3, -0.25) is 4.79 Å². The van der Waals surface area contributed by atoms with Crippen molar-refractivity contribution >= 4 is 0 Å². The molecule has 1 aromatic rings. The van der Waals surface area contributed by atoms with Crippen molar-refractivity contribution in [1.82, 2.24) is 14.8 Å². The summed E-state index contributed by atoms with van der Waals surface area (Å²) in [5, 5.41) is 9.29. The first kappa shape index (κ1) is 15.2. The van der Waals surface area contributed by atoms with Crippen LogP contribution in [-0.4, -0.2) is 46.1 Å². The molecule has 5 heteroatoms. The molecule has 22 heavy (non-hydrogen) atoms. The minimum atomic E-state index is -0.330. The van der Waals surface area contributed by atoms with Crippen LogP contribution in [0.2, 0.25) is 0 Å². The highest BCUT2D eigenvalue weighted by atomic mass is 16.3. The van der Waals surface area contributed by atoms with E-state index >= 15 is 0 Å². The summed E-state index contributed by atoms with van der Waals surface area (Å²) in [6, 6.07) is 1.47. The third-order valence-corrected chi connectivity index (χ3v) is 4.81. The first-order valence-electron chi connectivity index (χ1n) is 8.17. The Bertz CT molecular complexity index is 590. The van der Waals surface area contributed by atoms with E-state index in [0.717, 1.165) is 24.4 Å². The van der Waals surface area contributed by atoms with Crippen LogP contribution in [0.25, 0.3) is 0 Å². The first-order valence-corrected chi connectivity index (χ1v) is 8.17. The number of aromatic hydroxyl groups is 1. The van der Waals surface area contributed by atoms with Crippen LogP contribution in [0.3, 0.4) is 0 Å². The van der Waals surface area contributed by atoms with Crippen molar-refractivity contribution in [2.24, 2.45) is 5.92 Å². The van der Waals surface area contributed by atoms with Gasteiger partial charge in [0, 0.05) is 36.7 Å². The molecular weight excluding hydrogens is 278 g/mol. The molecule has 3 rings (SSSR count). The number of piperidine rings is 1.